The molecule has 0 radical (unpaired) electrons. The number of hydrogen-bond acceptors (Lipinski definition) is 5. The summed E-state index contributed by atoms with van der Waals surface area (Å²) in [6, 6.07) is 5.47. The van der Waals surface area contributed by atoms with Gasteiger partial charge in [-0.25, -0.2) is 0 Å². The number of methoxy groups -OCH3 is 2. The summed E-state index contributed by atoms with van der Waals surface area (Å²) in [7, 11) is 3.18. The van der Waals surface area contributed by atoms with E-state index in [1.807, 2.05) is 17.0 Å². The zero-order valence-corrected chi connectivity index (χ0v) is 13.6. The minimum atomic E-state index is -0.278. The van der Waals surface area contributed by atoms with Crippen molar-refractivity contribution < 1.29 is 24.1 Å². The van der Waals surface area contributed by atoms with Gasteiger partial charge in [0.2, 0.25) is 5.91 Å². The number of nitrogens with zero attached hydrogens (tertiary/aromatic N) is 1. The molecule has 1 amide bonds. The van der Waals surface area contributed by atoms with Crippen molar-refractivity contribution >= 4 is 5.91 Å². The third kappa shape index (κ3) is 2.88. The fourth-order valence-electron chi connectivity index (χ4n) is 3.52. The molecule has 0 aliphatic carbocycles. The fourth-order valence-corrected chi connectivity index (χ4v) is 3.52. The van der Waals surface area contributed by atoms with Crippen molar-refractivity contribution in [3.05, 3.63) is 23.8 Å². The summed E-state index contributed by atoms with van der Waals surface area (Å²) in [6.45, 7) is 2.43. The first-order chi connectivity index (χ1) is 11.1. The van der Waals surface area contributed by atoms with Crippen LogP contribution in [0.2, 0.25) is 0 Å². The van der Waals surface area contributed by atoms with Crippen molar-refractivity contribution in [2.45, 2.75) is 6.42 Å². The maximum absolute atomic E-state index is 12.6. The van der Waals surface area contributed by atoms with Gasteiger partial charge in [-0.2, -0.15) is 0 Å². The highest BCUT2D eigenvalue weighted by molar-refractivity contribution is 5.80. The molecule has 126 valence electrons. The Balaban J connectivity index is 1.71. The van der Waals surface area contributed by atoms with Crippen molar-refractivity contribution in [1.82, 2.24) is 4.90 Å². The van der Waals surface area contributed by atoms with Crippen LogP contribution in [-0.2, 0) is 16.0 Å². The highest BCUT2D eigenvalue weighted by Gasteiger charge is 2.51. The van der Waals surface area contributed by atoms with Gasteiger partial charge in [0.05, 0.1) is 40.5 Å². The molecule has 2 aliphatic heterocycles. The molecule has 2 saturated heterocycles. The summed E-state index contributed by atoms with van der Waals surface area (Å²) >= 11 is 0. The summed E-state index contributed by atoms with van der Waals surface area (Å²) in [4.78, 5) is 14.5. The number of carbonyl (C=O) groups is 1. The number of hydrogen-bond donors (Lipinski definition) is 1. The van der Waals surface area contributed by atoms with E-state index in [2.05, 4.69) is 0 Å². The Morgan fingerprint density at radius 1 is 1.43 bits per heavy atom. The van der Waals surface area contributed by atoms with Crippen LogP contribution in [0.4, 0.5) is 0 Å². The molecule has 6 heteroatoms. The Hall–Kier alpha value is -1.79. The van der Waals surface area contributed by atoms with Gasteiger partial charge in [-0.15, -0.1) is 0 Å². The molecule has 0 saturated carbocycles. The summed E-state index contributed by atoms with van der Waals surface area (Å²) < 4.78 is 16.0. The average Bonchev–Trinajstić information content (AvgIpc) is 3.12. The summed E-state index contributed by atoms with van der Waals surface area (Å²) in [6.07, 6.45) is 0.280. The highest BCUT2D eigenvalue weighted by Crippen LogP contribution is 2.41. The van der Waals surface area contributed by atoms with Crippen LogP contribution < -0.4 is 9.47 Å². The molecule has 2 heterocycles. The quantitative estimate of drug-likeness (QED) is 0.865. The molecule has 0 unspecified atom stereocenters. The Morgan fingerprint density at radius 2 is 2.26 bits per heavy atom. The van der Waals surface area contributed by atoms with E-state index < -0.39 is 0 Å². The minimum absolute atomic E-state index is 0.0516. The van der Waals surface area contributed by atoms with E-state index in [4.69, 9.17) is 14.2 Å². The lowest BCUT2D eigenvalue weighted by Gasteiger charge is -2.24. The van der Waals surface area contributed by atoms with E-state index in [0.29, 0.717) is 37.8 Å². The van der Waals surface area contributed by atoms with Gasteiger partial charge in [-0.3, -0.25) is 4.79 Å². The molecule has 1 aromatic rings. The standard InChI is InChI=1S/C17H23NO5/c1-21-14-4-3-12(15(6-14)22-2)5-16(20)18-7-13-8-23-11-17(13,9-18)10-19/h3-4,6,13,19H,5,7-11H2,1-2H3/t13-,17-/m0/s1. The zero-order chi connectivity index (χ0) is 16.4. The first-order valence-corrected chi connectivity index (χ1v) is 7.79. The largest absolute Gasteiger partial charge is 0.497 e. The molecule has 0 aromatic heterocycles. The van der Waals surface area contributed by atoms with Crippen LogP contribution in [0.1, 0.15) is 5.56 Å². The SMILES string of the molecule is COc1ccc(CC(=O)N2C[C@H]3COC[C@@]3(CO)C2)c(OC)c1. The molecule has 0 spiro atoms. The number of ether oxygens (including phenoxy) is 3. The maximum Gasteiger partial charge on any atom is 0.227 e. The molecule has 6 nitrogen and oxygen atoms in total. The molecule has 2 atom stereocenters. The maximum atomic E-state index is 12.6. The van der Waals surface area contributed by atoms with E-state index >= 15 is 0 Å². The number of aliphatic hydroxyl groups excluding tert-OH is 1. The van der Waals surface area contributed by atoms with Gasteiger partial charge >= 0.3 is 0 Å². The predicted octanol–water partition coefficient (Wildman–Crippen LogP) is 0.714. The van der Waals surface area contributed by atoms with Crippen molar-refractivity contribution in [3.63, 3.8) is 0 Å². The van der Waals surface area contributed by atoms with E-state index in [0.717, 1.165) is 5.56 Å². The van der Waals surface area contributed by atoms with E-state index in [9.17, 15) is 9.90 Å². The number of aliphatic hydroxyl groups is 1. The lowest BCUT2D eigenvalue weighted by molar-refractivity contribution is -0.130. The van der Waals surface area contributed by atoms with Gasteiger partial charge in [0.15, 0.2) is 0 Å². The molecule has 1 N–H and O–H groups in total. The Bertz CT molecular complexity index is 590. The lowest BCUT2D eigenvalue weighted by Crippen LogP contribution is -2.36. The molecule has 1 aromatic carbocycles. The number of carbonyl (C=O) groups excluding carboxylic acids is 1. The average molecular weight is 321 g/mol. The molecular weight excluding hydrogens is 298 g/mol. The number of rotatable bonds is 5. The van der Waals surface area contributed by atoms with Crippen LogP contribution >= 0.6 is 0 Å². The van der Waals surface area contributed by atoms with Gasteiger partial charge in [0.25, 0.3) is 0 Å². The van der Waals surface area contributed by atoms with Gasteiger partial charge in [0, 0.05) is 36.1 Å². The molecular formula is C17H23NO5. The third-order valence-corrected chi connectivity index (χ3v) is 5.02. The number of fused-ring (bicyclic) bond motifs is 1. The zero-order valence-electron chi connectivity index (χ0n) is 13.6. The van der Waals surface area contributed by atoms with Crippen LogP contribution in [0, 0.1) is 11.3 Å². The first-order valence-electron chi connectivity index (χ1n) is 7.79. The van der Waals surface area contributed by atoms with Crippen LogP contribution in [0.3, 0.4) is 0 Å². The molecule has 2 fully saturated rings. The third-order valence-electron chi connectivity index (χ3n) is 5.02. The second-order valence-electron chi connectivity index (χ2n) is 6.36. The first kappa shape index (κ1) is 16.1. The van der Waals surface area contributed by atoms with E-state index in [-0.39, 0.29) is 30.3 Å². The van der Waals surface area contributed by atoms with Crippen molar-refractivity contribution in [3.8, 4) is 11.5 Å². The summed E-state index contributed by atoms with van der Waals surface area (Å²) in [5.41, 5.74) is 0.560. The Morgan fingerprint density at radius 3 is 2.91 bits per heavy atom. The monoisotopic (exact) mass is 321 g/mol. The van der Waals surface area contributed by atoms with Crippen LogP contribution in [-0.4, -0.2) is 63.0 Å². The second kappa shape index (κ2) is 6.37. The van der Waals surface area contributed by atoms with E-state index in [1.54, 1.807) is 20.3 Å². The Kier molecular flexibility index (Phi) is 4.46. The van der Waals surface area contributed by atoms with Crippen LogP contribution in [0.5, 0.6) is 11.5 Å². The fraction of sp³-hybridized carbons (Fsp3) is 0.588. The molecule has 23 heavy (non-hydrogen) atoms. The topological polar surface area (TPSA) is 68.2 Å². The molecule has 0 bridgehead atoms. The van der Waals surface area contributed by atoms with E-state index in [1.165, 1.54) is 0 Å². The van der Waals surface area contributed by atoms with Crippen molar-refractivity contribution in [2.75, 3.05) is 47.1 Å². The van der Waals surface area contributed by atoms with Gasteiger partial charge in [-0.05, 0) is 6.07 Å². The van der Waals surface area contributed by atoms with Crippen molar-refractivity contribution in [1.29, 1.82) is 0 Å². The summed E-state index contributed by atoms with van der Waals surface area (Å²) in [5, 5.41) is 9.70. The minimum Gasteiger partial charge on any atom is -0.497 e. The number of likely N-dealkylation sites (tertiary alicyclic amines) is 1. The van der Waals surface area contributed by atoms with Gasteiger partial charge < -0.3 is 24.2 Å². The lowest BCUT2D eigenvalue weighted by atomic mass is 9.82. The molecule has 2 aliphatic rings. The normalized spacial score (nSPS) is 26.2. The Labute approximate surface area is 135 Å². The smallest absolute Gasteiger partial charge is 0.227 e. The summed E-state index contributed by atoms with van der Waals surface area (Å²) in [5.74, 6) is 1.63. The van der Waals surface area contributed by atoms with Crippen LogP contribution in [0.25, 0.3) is 0 Å². The second-order valence-corrected chi connectivity index (χ2v) is 6.36. The molecule has 3 rings (SSSR count). The highest BCUT2D eigenvalue weighted by atomic mass is 16.5. The van der Waals surface area contributed by atoms with Gasteiger partial charge in [0.1, 0.15) is 11.5 Å². The number of amides is 1. The van der Waals surface area contributed by atoms with Crippen molar-refractivity contribution in [2.24, 2.45) is 11.3 Å². The predicted molar refractivity (Wildman–Crippen MR) is 83.7 cm³/mol. The van der Waals surface area contributed by atoms with Gasteiger partial charge in [-0.1, -0.05) is 6.07 Å². The van der Waals surface area contributed by atoms with Crippen LogP contribution in [0.15, 0.2) is 18.2 Å². The number of benzene rings is 1.